The number of benzene rings is 3. The van der Waals surface area contributed by atoms with E-state index >= 15 is 4.39 Å². The van der Waals surface area contributed by atoms with E-state index in [1.165, 1.54) is 17.8 Å². The Hall–Kier alpha value is -4.31. The second-order valence-corrected chi connectivity index (χ2v) is 11.9. The van der Waals surface area contributed by atoms with E-state index in [1.807, 2.05) is 42.7 Å². The fourth-order valence-corrected chi connectivity index (χ4v) is 6.30. The molecule has 2 heterocycles. The quantitative estimate of drug-likeness (QED) is 0.190. The van der Waals surface area contributed by atoms with Crippen LogP contribution in [0.4, 0.5) is 4.39 Å². The number of imidazole rings is 1. The Morgan fingerprint density at radius 2 is 1.81 bits per heavy atom. The Bertz CT molecular complexity index is 1800. The summed E-state index contributed by atoms with van der Waals surface area (Å²) in [6.45, 7) is 0. The first-order chi connectivity index (χ1) is 20.9. The van der Waals surface area contributed by atoms with Crippen LogP contribution >= 0.6 is 11.8 Å². The number of fused-ring (bicyclic) bond motifs is 2. The van der Waals surface area contributed by atoms with Crippen LogP contribution in [0.1, 0.15) is 54.9 Å². The molecule has 2 N–H and O–H groups in total. The van der Waals surface area contributed by atoms with Crippen molar-refractivity contribution in [2.45, 2.75) is 50.6 Å². The zero-order valence-electron chi connectivity index (χ0n) is 23.8. The van der Waals surface area contributed by atoms with Gasteiger partial charge in [-0.1, -0.05) is 49.6 Å². The summed E-state index contributed by atoms with van der Waals surface area (Å²) in [5, 5.41) is 12.2. The maximum absolute atomic E-state index is 15.9. The highest BCUT2D eigenvalue weighted by atomic mass is 32.2. The summed E-state index contributed by atoms with van der Waals surface area (Å²) >= 11 is 1.52. The van der Waals surface area contributed by atoms with Crippen molar-refractivity contribution in [2.75, 3.05) is 12.0 Å². The minimum Gasteiger partial charge on any atom is -0.480 e. The molecule has 1 fully saturated rings. The highest BCUT2D eigenvalue weighted by Gasteiger charge is 2.26. The predicted octanol–water partition coefficient (Wildman–Crippen LogP) is 6.89. The lowest BCUT2D eigenvalue weighted by Crippen LogP contribution is -2.41. The van der Waals surface area contributed by atoms with Crippen molar-refractivity contribution in [3.63, 3.8) is 0 Å². The number of aliphatic carboxylic acids is 1. The average molecular weight is 598 g/mol. The summed E-state index contributed by atoms with van der Waals surface area (Å²) in [4.78, 5) is 38.9. The Balaban J connectivity index is 1.41. The maximum Gasteiger partial charge on any atom is 0.326 e. The van der Waals surface area contributed by atoms with Gasteiger partial charge in [0.25, 0.3) is 5.91 Å². The second-order valence-electron chi connectivity index (χ2n) is 10.9. The molecule has 5 aromatic rings. The molecule has 2 aromatic heterocycles. The van der Waals surface area contributed by atoms with Crippen LogP contribution in [0.25, 0.3) is 44.7 Å². The third kappa shape index (κ3) is 5.97. The van der Waals surface area contributed by atoms with E-state index in [9.17, 15) is 14.7 Å². The number of hydrogen-bond donors (Lipinski definition) is 2. The van der Waals surface area contributed by atoms with Crippen LogP contribution in [0.15, 0.2) is 66.9 Å². The molecule has 1 aliphatic rings. The monoisotopic (exact) mass is 597 g/mol. The molecular weight excluding hydrogens is 565 g/mol. The van der Waals surface area contributed by atoms with E-state index in [4.69, 9.17) is 4.98 Å². The standard InChI is InChI=1S/C33H32FN5O3S/c1-43-15-14-25(33(41)42)38-32(40)21-12-13-30-28(16-21)37-31(39(30)22-10-6-3-7-11-22)23-17-26-27(18-24(23)34)36-29(19-35-26)20-8-4-2-5-9-20/h2,4-5,8-9,12-13,16-19,22,25H,3,6-7,10-11,14-15H2,1H3,(H,38,40)(H,41,42). The van der Waals surface area contributed by atoms with E-state index in [-0.39, 0.29) is 6.04 Å². The van der Waals surface area contributed by atoms with Crippen molar-refractivity contribution in [1.29, 1.82) is 0 Å². The second kappa shape index (κ2) is 12.5. The highest BCUT2D eigenvalue weighted by Crippen LogP contribution is 2.37. The third-order valence-electron chi connectivity index (χ3n) is 8.05. The molecule has 0 aliphatic heterocycles. The Labute approximate surface area is 252 Å². The number of carboxylic acids is 1. The normalized spacial score (nSPS) is 14.7. The van der Waals surface area contributed by atoms with Gasteiger partial charge < -0.3 is 15.0 Å². The lowest BCUT2D eigenvalue weighted by Gasteiger charge is -2.26. The van der Waals surface area contributed by atoms with Crippen molar-refractivity contribution >= 4 is 45.7 Å². The number of rotatable bonds is 9. The van der Waals surface area contributed by atoms with Gasteiger partial charge >= 0.3 is 5.97 Å². The molecule has 1 unspecified atom stereocenters. The average Bonchev–Trinajstić information content (AvgIpc) is 3.41. The molecule has 220 valence electrons. The molecule has 1 aliphatic carbocycles. The number of hydrogen-bond acceptors (Lipinski definition) is 6. The predicted molar refractivity (Wildman–Crippen MR) is 168 cm³/mol. The largest absolute Gasteiger partial charge is 0.480 e. The number of amides is 1. The smallest absolute Gasteiger partial charge is 0.326 e. The SMILES string of the molecule is CSCCC(NC(=O)c1ccc2c(c1)nc(-c1cc3ncc(-c4ccccc4)nc3cc1F)n2C1CCCCC1)C(=O)O. The van der Waals surface area contributed by atoms with Gasteiger partial charge in [-0.2, -0.15) is 11.8 Å². The number of carbonyl (C=O) groups is 2. The number of nitrogens with zero attached hydrogens (tertiary/aromatic N) is 4. The number of aromatic nitrogens is 4. The molecule has 43 heavy (non-hydrogen) atoms. The molecular formula is C33H32FN5O3S. The van der Waals surface area contributed by atoms with Crippen molar-refractivity contribution in [1.82, 2.24) is 24.8 Å². The van der Waals surface area contributed by atoms with Gasteiger partial charge in [0.05, 0.1) is 39.5 Å². The molecule has 3 aromatic carbocycles. The Morgan fingerprint density at radius 1 is 1.02 bits per heavy atom. The molecule has 1 amide bonds. The molecule has 0 saturated heterocycles. The fraction of sp³-hybridized carbons (Fsp3) is 0.303. The van der Waals surface area contributed by atoms with Gasteiger partial charge in [0.15, 0.2) is 0 Å². The summed E-state index contributed by atoms with van der Waals surface area (Å²) in [6.07, 6.45) is 9.11. The van der Waals surface area contributed by atoms with Gasteiger partial charge in [0, 0.05) is 23.2 Å². The van der Waals surface area contributed by atoms with E-state index in [0.717, 1.165) is 43.2 Å². The summed E-state index contributed by atoms with van der Waals surface area (Å²) in [6, 6.07) is 17.1. The van der Waals surface area contributed by atoms with Gasteiger partial charge in [-0.3, -0.25) is 9.78 Å². The van der Waals surface area contributed by atoms with Crippen LogP contribution in [0, 0.1) is 5.82 Å². The van der Waals surface area contributed by atoms with Gasteiger partial charge in [0.1, 0.15) is 17.7 Å². The first-order valence-corrected chi connectivity index (χ1v) is 15.9. The number of thioether (sulfide) groups is 1. The molecule has 1 atom stereocenters. The highest BCUT2D eigenvalue weighted by molar-refractivity contribution is 7.98. The lowest BCUT2D eigenvalue weighted by molar-refractivity contribution is -0.139. The minimum absolute atomic E-state index is 0.137. The molecule has 0 radical (unpaired) electrons. The van der Waals surface area contributed by atoms with Crippen LogP contribution in [0.2, 0.25) is 0 Å². The van der Waals surface area contributed by atoms with E-state index < -0.39 is 23.7 Å². The molecule has 6 rings (SSSR count). The van der Waals surface area contributed by atoms with Gasteiger partial charge in [-0.15, -0.1) is 0 Å². The molecule has 0 bridgehead atoms. The van der Waals surface area contributed by atoms with Crippen molar-refractivity contribution in [2.24, 2.45) is 0 Å². The first-order valence-electron chi connectivity index (χ1n) is 14.5. The van der Waals surface area contributed by atoms with E-state index in [1.54, 1.807) is 24.4 Å². The van der Waals surface area contributed by atoms with Gasteiger partial charge in [-0.05, 0) is 55.5 Å². The van der Waals surface area contributed by atoms with Gasteiger partial charge in [-0.25, -0.2) is 19.2 Å². The van der Waals surface area contributed by atoms with Crippen LogP contribution in [0.3, 0.4) is 0 Å². The van der Waals surface area contributed by atoms with Crippen LogP contribution in [-0.2, 0) is 4.79 Å². The van der Waals surface area contributed by atoms with E-state index in [2.05, 4.69) is 19.9 Å². The Kier molecular flexibility index (Phi) is 8.38. The molecule has 10 heteroatoms. The Morgan fingerprint density at radius 3 is 2.56 bits per heavy atom. The van der Waals surface area contributed by atoms with Crippen molar-refractivity contribution in [3.8, 4) is 22.6 Å². The minimum atomic E-state index is -1.07. The summed E-state index contributed by atoms with van der Waals surface area (Å²) < 4.78 is 18.0. The number of carbonyl (C=O) groups excluding carboxylic acids is 1. The fourth-order valence-electron chi connectivity index (χ4n) is 5.83. The molecule has 1 saturated carbocycles. The summed E-state index contributed by atoms with van der Waals surface area (Å²) in [5.74, 6) is -0.906. The third-order valence-corrected chi connectivity index (χ3v) is 8.69. The zero-order valence-corrected chi connectivity index (χ0v) is 24.6. The first kappa shape index (κ1) is 28.8. The topological polar surface area (TPSA) is 110 Å². The van der Waals surface area contributed by atoms with Crippen LogP contribution in [-0.4, -0.2) is 54.6 Å². The van der Waals surface area contributed by atoms with Gasteiger partial charge in [0.2, 0.25) is 0 Å². The van der Waals surface area contributed by atoms with Crippen molar-refractivity contribution < 1.29 is 19.1 Å². The van der Waals surface area contributed by atoms with Crippen LogP contribution < -0.4 is 5.32 Å². The number of nitrogens with one attached hydrogen (secondary N) is 1. The molecule has 0 spiro atoms. The summed E-state index contributed by atoms with van der Waals surface area (Å²) in [7, 11) is 0. The maximum atomic E-state index is 15.9. The molecule has 8 nitrogen and oxygen atoms in total. The lowest BCUT2D eigenvalue weighted by atomic mass is 9.94. The van der Waals surface area contributed by atoms with E-state index in [0.29, 0.717) is 51.4 Å². The summed E-state index contributed by atoms with van der Waals surface area (Å²) in [5.41, 5.74) is 4.57. The number of carboxylic acid groups (broad SMARTS) is 1. The zero-order chi connectivity index (χ0) is 29.9. The van der Waals surface area contributed by atoms with Crippen molar-refractivity contribution in [3.05, 3.63) is 78.2 Å². The van der Waals surface area contributed by atoms with Crippen LogP contribution in [0.5, 0.6) is 0 Å². The number of halogens is 1.